The molecular weight excluding hydrogens is 360 g/mol. The van der Waals surface area contributed by atoms with Gasteiger partial charge in [0.1, 0.15) is 0 Å². The number of hydrogen-bond donors (Lipinski definition) is 0. The van der Waals surface area contributed by atoms with Crippen molar-refractivity contribution in [1.82, 2.24) is 0 Å². The molecule has 0 aromatic heterocycles. The van der Waals surface area contributed by atoms with Gasteiger partial charge in [0.2, 0.25) is 0 Å². The quantitative estimate of drug-likeness (QED) is 0.451. The van der Waals surface area contributed by atoms with Crippen molar-refractivity contribution in [3.05, 3.63) is 58.6 Å². The third-order valence-corrected chi connectivity index (χ3v) is 5.90. The van der Waals surface area contributed by atoms with Crippen molar-refractivity contribution in [2.75, 3.05) is 5.75 Å². The average Bonchev–Trinajstić information content (AvgIpc) is 2.41. The molecule has 0 aliphatic rings. The maximum atomic E-state index is 6.37. The lowest BCUT2D eigenvalue weighted by molar-refractivity contribution is 1.34. The smallest absolute Gasteiger partial charge is 0.0929 e. The van der Waals surface area contributed by atoms with E-state index in [4.69, 9.17) is 11.6 Å². The highest BCUT2D eigenvalue weighted by atomic mass is 79.9. The van der Waals surface area contributed by atoms with Gasteiger partial charge in [-0.15, -0.1) is 35.1 Å². The summed E-state index contributed by atoms with van der Waals surface area (Å²) in [6.45, 7) is 2.10. The van der Waals surface area contributed by atoms with Crippen molar-refractivity contribution in [2.45, 2.75) is 21.4 Å². The first-order chi connectivity index (χ1) is 9.13. The fraction of sp³-hybridized carbons (Fsp3) is 0.200. The zero-order valence-corrected chi connectivity index (χ0v) is 14.5. The van der Waals surface area contributed by atoms with Gasteiger partial charge in [0.15, 0.2) is 0 Å². The Morgan fingerprint density at radius 2 is 1.58 bits per heavy atom. The first-order valence-corrected chi connectivity index (χ1v) is 8.99. The number of benzene rings is 2. The topological polar surface area (TPSA) is 0 Å². The zero-order chi connectivity index (χ0) is 13.7. The lowest BCUT2D eigenvalue weighted by atomic mass is 10.2. The maximum absolute atomic E-state index is 6.37. The fourth-order valence-corrected chi connectivity index (χ4v) is 3.97. The maximum Gasteiger partial charge on any atom is 0.0929 e. The second-order valence-electron chi connectivity index (χ2n) is 4.11. The molecule has 1 atom stereocenters. The summed E-state index contributed by atoms with van der Waals surface area (Å²) in [7, 11) is 0. The van der Waals surface area contributed by atoms with E-state index < -0.39 is 0 Å². The van der Waals surface area contributed by atoms with Crippen LogP contribution in [0.3, 0.4) is 0 Å². The first-order valence-electron chi connectivity index (χ1n) is 5.89. The second-order valence-corrected chi connectivity index (χ2v) is 8.18. The summed E-state index contributed by atoms with van der Waals surface area (Å²) in [6, 6.07) is 16.8. The van der Waals surface area contributed by atoms with E-state index in [0.717, 1.165) is 10.2 Å². The first kappa shape index (κ1) is 15.3. The number of aryl methyl sites for hydroxylation is 1. The molecule has 0 aliphatic heterocycles. The van der Waals surface area contributed by atoms with Gasteiger partial charge in [0.25, 0.3) is 0 Å². The highest BCUT2D eigenvalue weighted by molar-refractivity contribution is 9.10. The largest absolute Gasteiger partial charge is 0.124 e. The molecular formula is C15H14BrClS2. The van der Waals surface area contributed by atoms with E-state index in [1.54, 1.807) is 23.5 Å². The van der Waals surface area contributed by atoms with Crippen LogP contribution in [-0.4, -0.2) is 10.5 Å². The number of halogens is 2. The molecule has 0 amide bonds. The minimum atomic E-state index is 0.0764. The van der Waals surface area contributed by atoms with E-state index in [9.17, 15) is 0 Å². The summed E-state index contributed by atoms with van der Waals surface area (Å²) < 4.78 is 1.17. The number of thioether (sulfide) groups is 2. The molecule has 0 aliphatic carbocycles. The zero-order valence-electron chi connectivity index (χ0n) is 10.5. The van der Waals surface area contributed by atoms with Gasteiger partial charge in [0.05, 0.1) is 4.71 Å². The van der Waals surface area contributed by atoms with Crippen LogP contribution in [0.2, 0.25) is 0 Å². The Labute approximate surface area is 136 Å². The van der Waals surface area contributed by atoms with Crippen LogP contribution in [0, 0.1) is 6.92 Å². The van der Waals surface area contributed by atoms with Crippen molar-refractivity contribution in [3.8, 4) is 0 Å². The summed E-state index contributed by atoms with van der Waals surface area (Å²) in [6.07, 6.45) is 0. The Morgan fingerprint density at radius 3 is 2.21 bits per heavy atom. The van der Waals surface area contributed by atoms with Gasteiger partial charge in [0, 0.05) is 20.0 Å². The molecule has 100 valence electrons. The van der Waals surface area contributed by atoms with Crippen LogP contribution in [0.15, 0.2) is 62.8 Å². The molecule has 0 nitrogen and oxygen atoms in total. The van der Waals surface area contributed by atoms with E-state index >= 15 is 0 Å². The highest BCUT2D eigenvalue weighted by Crippen LogP contribution is 2.31. The predicted molar refractivity (Wildman–Crippen MR) is 91.5 cm³/mol. The monoisotopic (exact) mass is 372 g/mol. The van der Waals surface area contributed by atoms with E-state index in [1.165, 1.54) is 15.4 Å². The molecule has 4 heteroatoms. The van der Waals surface area contributed by atoms with E-state index in [0.29, 0.717) is 0 Å². The van der Waals surface area contributed by atoms with Gasteiger partial charge in [-0.25, -0.2) is 0 Å². The molecule has 2 aromatic carbocycles. The Hall–Kier alpha value is -0.0900. The van der Waals surface area contributed by atoms with Crippen LogP contribution in [0.25, 0.3) is 0 Å². The molecule has 0 N–H and O–H groups in total. The summed E-state index contributed by atoms with van der Waals surface area (Å²) >= 11 is 13.3. The summed E-state index contributed by atoms with van der Waals surface area (Å²) in [5.41, 5.74) is 1.29. The molecule has 19 heavy (non-hydrogen) atoms. The van der Waals surface area contributed by atoms with Gasteiger partial charge < -0.3 is 0 Å². The molecule has 0 radical (unpaired) electrons. The predicted octanol–water partition coefficient (Wildman–Crippen LogP) is 6.21. The van der Waals surface area contributed by atoms with E-state index in [-0.39, 0.29) is 4.71 Å². The molecule has 1 unspecified atom stereocenters. The third-order valence-electron chi connectivity index (χ3n) is 2.48. The summed E-state index contributed by atoms with van der Waals surface area (Å²) in [5.74, 6) is 0.894. The van der Waals surface area contributed by atoms with Gasteiger partial charge in [-0.1, -0.05) is 33.6 Å². The average molecular weight is 374 g/mol. The van der Waals surface area contributed by atoms with Crippen molar-refractivity contribution in [2.24, 2.45) is 0 Å². The SMILES string of the molecule is Cc1ccc(SCC(Cl)Sc2ccc(Br)cc2)cc1. The van der Waals surface area contributed by atoms with Gasteiger partial charge >= 0.3 is 0 Å². The van der Waals surface area contributed by atoms with Crippen LogP contribution in [0.1, 0.15) is 5.56 Å². The Bertz CT molecular complexity index is 511. The Balaban J connectivity index is 1.82. The van der Waals surface area contributed by atoms with Crippen LogP contribution in [-0.2, 0) is 0 Å². The number of alkyl halides is 1. The highest BCUT2D eigenvalue weighted by Gasteiger charge is 2.07. The summed E-state index contributed by atoms with van der Waals surface area (Å²) in [5, 5.41) is 0. The van der Waals surface area contributed by atoms with Gasteiger partial charge in [-0.2, -0.15) is 0 Å². The van der Waals surface area contributed by atoms with E-state index in [1.807, 2.05) is 12.1 Å². The molecule has 0 bridgehead atoms. The molecule has 0 spiro atoms. The molecule has 0 saturated carbocycles. The van der Waals surface area contributed by atoms with Crippen LogP contribution in [0.5, 0.6) is 0 Å². The standard InChI is InChI=1S/C15H14BrClS2/c1-11-2-6-13(7-3-11)18-10-15(17)19-14-8-4-12(16)5-9-14/h2-9,15H,10H2,1H3. The number of rotatable bonds is 5. The second kappa shape index (κ2) is 7.63. The summed E-state index contributed by atoms with van der Waals surface area (Å²) in [4.78, 5) is 2.47. The Kier molecular flexibility index (Phi) is 6.14. The molecule has 2 rings (SSSR count). The van der Waals surface area contributed by atoms with Crippen LogP contribution < -0.4 is 0 Å². The Morgan fingerprint density at radius 1 is 1.00 bits per heavy atom. The van der Waals surface area contributed by atoms with E-state index in [2.05, 4.69) is 59.3 Å². The number of hydrogen-bond acceptors (Lipinski definition) is 2. The van der Waals surface area contributed by atoms with Crippen molar-refractivity contribution in [3.63, 3.8) is 0 Å². The molecule has 0 saturated heterocycles. The molecule has 0 fully saturated rings. The van der Waals surface area contributed by atoms with Gasteiger partial charge in [-0.3, -0.25) is 0 Å². The van der Waals surface area contributed by atoms with Crippen LogP contribution in [0.4, 0.5) is 0 Å². The van der Waals surface area contributed by atoms with Crippen molar-refractivity contribution in [1.29, 1.82) is 0 Å². The third kappa shape index (κ3) is 5.42. The lowest BCUT2D eigenvalue weighted by Gasteiger charge is -2.09. The van der Waals surface area contributed by atoms with Crippen LogP contribution >= 0.6 is 51.1 Å². The van der Waals surface area contributed by atoms with Crippen molar-refractivity contribution < 1.29 is 0 Å². The van der Waals surface area contributed by atoms with Crippen molar-refractivity contribution >= 4 is 51.1 Å². The minimum absolute atomic E-state index is 0.0764. The lowest BCUT2D eigenvalue weighted by Crippen LogP contribution is -1.95. The normalized spacial score (nSPS) is 12.4. The van der Waals surface area contributed by atoms with Gasteiger partial charge in [-0.05, 0) is 43.3 Å². The minimum Gasteiger partial charge on any atom is -0.124 e. The molecule has 0 heterocycles. The fourth-order valence-electron chi connectivity index (χ4n) is 1.49. The molecule has 2 aromatic rings.